The van der Waals surface area contributed by atoms with E-state index in [-0.39, 0.29) is 17.2 Å². The maximum atomic E-state index is 11.9. The highest BCUT2D eigenvalue weighted by molar-refractivity contribution is 7.80. The third kappa shape index (κ3) is 2.37. The number of carbonyl (C=O) groups is 2. The van der Waals surface area contributed by atoms with Gasteiger partial charge in [0, 0.05) is 19.7 Å². The fourth-order valence-electron chi connectivity index (χ4n) is 1.75. The van der Waals surface area contributed by atoms with Crippen LogP contribution in [-0.4, -0.2) is 47.0 Å². The Balaban J connectivity index is 2.29. The van der Waals surface area contributed by atoms with Gasteiger partial charge in [0.05, 0.1) is 11.7 Å². The van der Waals surface area contributed by atoms with Crippen molar-refractivity contribution in [3.8, 4) is 0 Å². The van der Waals surface area contributed by atoms with Crippen LogP contribution < -0.4 is 5.11 Å². The summed E-state index contributed by atoms with van der Waals surface area (Å²) in [6.07, 6.45) is -0.873. The van der Waals surface area contributed by atoms with Gasteiger partial charge in [-0.05, 0) is 18.3 Å². The highest BCUT2D eigenvalue weighted by Crippen LogP contribution is 2.21. The second-order valence-corrected chi connectivity index (χ2v) is 4.55. The van der Waals surface area contributed by atoms with E-state index in [0.717, 1.165) is 0 Å². The molecule has 0 saturated carbocycles. The van der Waals surface area contributed by atoms with E-state index in [1.165, 1.54) is 21.9 Å². The van der Waals surface area contributed by atoms with Crippen LogP contribution in [0.2, 0.25) is 0 Å². The maximum absolute atomic E-state index is 11.9. The molecular formula is C12H11N4O3S-. The van der Waals surface area contributed by atoms with Gasteiger partial charge in [0.15, 0.2) is 5.11 Å². The van der Waals surface area contributed by atoms with Crippen LogP contribution in [-0.2, 0) is 4.79 Å². The van der Waals surface area contributed by atoms with Gasteiger partial charge in [0.2, 0.25) is 6.17 Å². The van der Waals surface area contributed by atoms with E-state index in [0.29, 0.717) is 5.11 Å². The minimum absolute atomic E-state index is 0.0831. The van der Waals surface area contributed by atoms with Crippen LogP contribution in [0.4, 0.5) is 5.69 Å². The molecule has 0 aromatic heterocycles. The first-order valence-corrected chi connectivity index (χ1v) is 6.10. The summed E-state index contributed by atoms with van der Waals surface area (Å²) in [4.78, 5) is 25.6. The molecule has 1 amide bonds. The second-order valence-electron chi connectivity index (χ2n) is 4.18. The SMILES string of the molecule is CN1C(=O)[C@@H](N=Nc2ccccc2C(=O)[O-])N(C)C1=S. The largest absolute Gasteiger partial charge is 0.545 e. The Hall–Kier alpha value is -2.35. The van der Waals surface area contributed by atoms with E-state index in [1.807, 2.05) is 0 Å². The number of hydrogen-bond donors (Lipinski definition) is 0. The summed E-state index contributed by atoms with van der Waals surface area (Å²) in [5, 5.41) is 19.0. The second kappa shape index (κ2) is 5.33. The molecule has 2 rings (SSSR count). The normalized spacial score (nSPS) is 19.2. The Labute approximate surface area is 120 Å². The molecule has 1 fully saturated rings. The number of carboxylic acids is 1. The smallest absolute Gasteiger partial charge is 0.275 e. The molecule has 1 aromatic rings. The molecule has 1 saturated heterocycles. The Morgan fingerprint density at radius 1 is 1.35 bits per heavy atom. The van der Waals surface area contributed by atoms with Crippen molar-refractivity contribution in [2.45, 2.75) is 6.17 Å². The Morgan fingerprint density at radius 2 is 2.00 bits per heavy atom. The van der Waals surface area contributed by atoms with Crippen molar-refractivity contribution in [1.29, 1.82) is 0 Å². The number of hydrogen-bond acceptors (Lipinski definition) is 6. The lowest BCUT2D eigenvalue weighted by atomic mass is 10.2. The van der Waals surface area contributed by atoms with Crippen LogP contribution in [0.3, 0.4) is 0 Å². The molecule has 7 nitrogen and oxygen atoms in total. The van der Waals surface area contributed by atoms with Gasteiger partial charge in [0.25, 0.3) is 5.91 Å². The number of azo groups is 1. The first-order valence-electron chi connectivity index (χ1n) is 5.69. The molecule has 8 heteroatoms. The average Bonchev–Trinajstić information content (AvgIpc) is 2.61. The lowest BCUT2D eigenvalue weighted by molar-refractivity contribution is -0.254. The third-order valence-corrected chi connectivity index (χ3v) is 3.47. The summed E-state index contributed by atoms with van der Waals surface area (Å²) in [6.45, 7) is 0. The van der Waals surface area contributed by atoms with Crippen molar-refractivity contribution in [3.63, 3.8) is 0 Å². The molecule has 1 atom stereocenters. The van der Waals surface area contributed by atoms with E-state index < -0.39 is 12.1 Å². The standard InChI is InChI=1S/C12H12N4O3S/c1-15-9(10(17)16(2)12(15)20)14-13-8-6-4-3-5-7(8)11(18)19/h3-6,9H,1-2H3,(H,18,19)/p-1/t9-/m0/s1. The van der Waals surface area contributed by atoms with Crippen molar-refractivity contribution in [3.05, 3.63) is 29.8 Å². The summed E-state index contributed by atoms with van der Waals surface area (Å²) in [7, 11) is 3.17. The van der Waals surface area contributed by atoms with Crippen molar-refractivity contribution < 1.29 is 14.7 Å². The van der Waals surface area contributed by atoms with Crippen LogP contribution in [0.5, 0.6) is 0 Å². The zero-order valence-corrected chi connectivity index (χ0v) is 11.6. The number of benzene rings is 1. The van der Waals surface area contributed by atoms with E-state index in [9.17, 15) is 14.7 Å². The first-order chi connectivity index (χ1) is 9.43. The number of rotatable bonds is 3. The summed E-state index contributed by atoms with van der Waals surface area (Å²) < 4.78 is 0. The molecule has 0 radical (unpaired) electrons. The molecule has 1 heterocycles. The average molecular weight is 291 g/mol. The zero-order chi connectivity index (χ0) is 14.9. The minimum Gasteiger partial charge on any atom is -0.545 e. The van der Waals surface area contributed by atoms with E-state index >= 15 is 0 Å². The van der Waals surface area contributed by atoms with Crippen molar-refractivity contribution in [2.24, 2.45) is 10.2 Å². The minimum atomic E-state index is -1.35. The van der Waals surface area contributed by atoms with Crippen molar-refractivity contribution >= 4 is 34.9 Å². The topological polar surface area (TPSA) is 88.4 Å². The van der Waals surface area contributed by atoms with Gasteiger partial charge in [-0.3, -0.25) is 9.69 Å². The number of carboxylic acid groups (broad SMARTS) is 1. The molecule has 0 N–H and O–H groups in total. The van der Waals surface area contributed by atoms with Gasteiger partial charge in [-0.15, -0.1) is 0 Å². The Morgan fingerprint density at radius 3 is 2.55 bits per heavy atom. The molecule has 0 aliphatic carbocycles. The number of thiocarbonyl (C=S) groups is 1. The molecule has 1 aliphatic rings. The molecule has 0 spiro atoms. The van der Waals surface area contributed by atoms with E-state index in [4.69, 9.17) is 12.2 Å². The molecule has 0 bridgehead atoms. The van der Waals surface area contributed by atoms with Crippen molar-refractivity contribution in [2.75, 3.05) is 14.1 Å². The monoisotopic (exact) mass is 291 g/mol. The fourth-order valence-corrected chi connectivity index (χ4v) is 1.94. The summed E-state index contributed by atoms with van der Waals surface area (Å²) in [5.74, 6) is -1.66. The molecular weight excluding hydrogens is 280 g/mol. The first kappa shape index (κ1) is 14.1. The highest BCUT2D eigenvalue weighted by atomic mass is 32.1. The predicted octanol–water partition coefficient (Wildman–Crippen LogP) is 0.149. The number of aromatic carboxylic acids is 1. The summed E-state index contributed by atoms with van der Waals surface area (Å²) in [5.41, 5.74) is 0.0504. The van der Waals surface area contributed by atoms with E-state index in [2.05, 4.69) is 10.2 Å². The van der Waals surface area contributed by atoms with Crippen LogP contribution >= 0.6 is 12.2 Å². The molecule has 104 valence electrons. The fraction of sp³-hybridized carbons (Fsp3) is 0.250. The number of nitrogens with zero attached hydrogens (tertiary/aromatic N) is 4. The van der Waals surface area contributed by atoms with Crippen LogP contribution in [0.25, 0.3) is 0 Å². The van der Waals surface area contributed by atoms with Crippen LogP contribution in [0, 0.1) is 0 Å². The van der Waals surface area contributed by atoms with E-state index in [1.54, 1.807) is 26.2 Å². The molecule has 1 aromatic carbocycles. The van der Waals surface area contributed by atoms with Crippen LogP contribution in [0.1, 0.15) is 10.4 Å². The third-order valence-electron chi connectivity index (χ3n) is 2.91. The lowest BCUT2D eigenvalue weighted by Crippen LogP contribution is -2.29. The maximum Gasteiger partial charge on any atom is 0.275 e. The molecule has 1 aliphatic heterocycles. The predicted molar refractivity (Wildman–Crippen MR) is 72.2 cm³/mol. The van der Waals surface area contributed by atoms with Gasteiger partial charge in [-0.25, -0.2) is 0 Å². The summed E-state index contributed by atoms with van der Waals surface area (Å²) in [6, 6.07) is 6.02. The van der Waals surface area contributed by atoms with Gasteiger partial charge >= 0.3 is 0 Å². The Kier molecular flexibility index (Phi) is 3.75. The number of likely N-dealkylation sites (N-methyl/N-ethyl adjacent to an activating group) is 2. The van der Waals surface area contributed by atoms with Gasteiger partial charge in [-0.1, -0.05) is 18.2 Å². The van der Waals surface area contributed by atoms with Gasteiger partial charge in [-0.2, -0.15) is 10.2 Å². The quantitative estimate of drug-likeness (QED) is 0.584. The lowest BCUT2D eigenvalue weighted by Gasteiger charge is -2.13. The van der Waals surface area contributed by atoms with Crippen molar-refractivity contribution in [1.82, 2.24) is 9.80 Å². The molecule has 20 heavy (non-hydrogen) atoms. The molecule has 0 unspecified atom stereocenters. The van der Waals surface area contributed by atoms with Crippen LogP contribution in [0.15, 0.2) is 34.5 Å². The number of amides is 1. The number of carbonyl (C=O) groups excluding carboxylic acids is 2. The van der Waals surface area contributed by atoms with Gasteiger partial charge in [0.1, 0.15) is 0 Å². The highest BCUT2D eigenvalue weighted by Gasteiger charge is 2.38. The zero-order valence-electron chi connectivity index (χ0n) is 10.8. The Bertz CT molecular complexity index is 616. The summed E-state index contributed by atoms with van der Waals surface area (Å²) >= 11 is 5.04. The van der Waals surface area contributed by atoms with Gasteiger partial charge < -0.3 is 14.8 Å².